The molecule has 128 valence electrons. The van der Waals surface area contributed by atoms with Gasteiger partial charge in [0, 0.05) is 5.56 Å². The fourth-order valence-corrected chi connectivity index (χ4v) is 3.16. The molecule has 0 spiro atoms. The second kappa shape index (κ2) is 8.18. The zero-order valence-corrected chi connectivity index (χ0v) is 16.3. The number of aromatic carboxylic acids is 1. The normalized spacial score (nSPS) is 10.5. The van der Waals surface area contributed by atoms with Gasteiger partial charge in [0.05, 0.1) is 26.1 Å². The number of hydrogen-bond acceptors (Lipinski definition) is 3. The quantitative estimate of drug-likeness (QED) is 0.576. The number of hydrogen-bond donors (Lipinski definition) is 1. The summed E-state index contributed by atoms with van der Waals surface area (Å²) in [4.78, 5) is 11.3. The van der Waals surface area contributed by atoms with Crippen LogP contribution in [0.4, 0.5) is 4.39 Å². The minimum atomic E-state index is -1.12. The van der Waals surface area contributed by atoms with Gasteiger partial charge in [-0.3, -0.25) is 0 Å². The maximum Gasteiger partial charge on any atom is 0.337 e. The lowest BCUT2D eigenvalue weighted by molar-refractivity contribution is 0.0695. The van der Waals surface area contributed by atoms with E-state index in [1.165, 1.54) is 18.2 Å². The molecule has 2 aromatic carbocycles. The maximum atomic E-state index is 13.9. The van der Waals surface area contributed by atoms with Gasteiger partial charge in [-0.1, -0.05) is 17.7 Å². The summed E-state index contributed by atoms with van der Waals surface area (Å²) in [5.74, 6) is -1.12. The molecule has 8 heteroatoms. The Kier molecular flexibility index (Phi) is 6.48. The lowest BCUT2D eigenvalue weighted by Crippen LogP contribution is -2.06. The van der Waals surface area contributed by atoms with E-state index in [1.807, 2.05) is 0 Å². The summed E-state index contributed by atoms with van der Waals surface area (Å²) in [6.45, 7) is 1.93. The Morgan fingerprint density at radius 3 is 2.58 bits per heavy atom. The Morgan fingerprint density at radius 2 is 2.00 bits per heavy atom. The van der Waals surface area contributed by atoms with Gasteiger partial charge < -0.3 is 14.6 Å². The average Bonchev–Trinajstić information content (AvgIpc) is 2.52. The second-order valence-corrected chi connectivity index (χ2v) is 6.60. The minimum absolute atomic E-state index is 0.0154. The van der Waals surface area contributed by atoms with Crippen molar-refractivity contribution in [3.63, 3.8) is 0 Å². The molecule has 0 aliphatic rings. The van der Waals surface area contributed by atoms with E-state index in [4.69, 9.17) is 21.1 Å². The molecule has 4 nitrogen and oxygen atoms in total. The van der Waals surface area contributed by atoms with Gasteiger partial charge in [-0.15, -0.1) is 0 Å². The van der Waals surface area contributed by atoms with Crippen LogP contribution in [0.5, 0.6) is 11.5 Å². The monoisotopic (exact) mass is 480 g/mol. The molecule has 0 saturated carbocycles. The molecule has 0 saturated heterocycles. The van der Waals surface area contributed by atoms with E-state index in [1.54, 1.807) is 13.0 Å². The van der Waals surface area contributed by atoms with Crippen molar-refractivity contribution in [2.75, 3.05) is 6.61 Å². The first-order valence-electron chi connectivity index (χ1n) is 6.80. The SMILES string of the molecule is CCOc1cc(C(=O)O)c(Br)c(Br)c1OCc1c(F)cccc1Cl. The van der Waals surface area contributed by atoms with Crippen molar-refractivity contribution >= 4 is 49.4 Å². The highest BCUT2D eigenvalue weighted by Crippen LogP contribution is 2.43. The van der Waals surface area contributed by atoms with E-state index in [-0.39, 0.29) is 34.3 Å². The summed E-state index contributed by atoms with van der Waals surface area (Å²) in [5, 5.41) is 9.48. The lowest BCUT2D eigenvalue weighted by atomic mass is 10.2. The van der Waals surface area contributed by atoms with Crippen LogP contribution < -0.4 is 9.47 Å². The second-order valence-electron chi connectivity index (χ2n) is 4.61. The van der Waals surface area contributed by atoms with Crippen LogP contribution in [0.1, 0.15) is 22.8 Å². The molecule has 0 heterocycles. The van der Waals surface area contributed by atoms with Gasteiger partial charge in [0.15, 0.2) is 11.5 Å². The van der Waals surface area contributed by atoms with Crippen LogP contribution in [0.3, 0.4) is 0 Å². The van der Waals surface area contributed by atoms with E-state index in [9.17, 15) is 14.3 Å². The highest BCUT2D eigenvalue weighted by atomic mass is 79.9. The number of carboxylic acids is 1. The Balaban J connectivity index is 2.42. The molecule has 1 N–H and O–H groups in total. The van der Waals surface area contributed by atoms with Crippen LogP contribution in [0.15, 0.2) is 33.2 Å². The van der Waals surface area contributed by atoms with Gasteiger partial charge in [0.2, 0.25) is 0 Å². The van der Waals surface area contributed by atoms with Crippen LogP contribution in [0, 0.1) is 5.82 Å². The van der Waals surface area contributed by atoms with Gasteiger partial charge >= 0.3 is 5.97 Å². The number of rotatable bonds is 6. The summed E-state index contributed by atoms with van der Waals surface area (Å²) in [5.41, 5.74) is 0.216. The van der Waals surface area contributed by atoms with Gasteiger partial charge in [-0.05, 0) is 57.0 Å². The summed E-state index contributed by atoms with van der Waals surface area (Å²) in [6.07, 6.45) is 0. The predicted octanol–water partition coefficient (Wildman–Crippen LogP) is 5.68. The smallest absolute Gasteiger partial charge is 0.337 e. The zero-order valence-electron chi connectivity index (χ0n) is 12.4. The highest BCUT2D eigenvalue weighted by molar-refractivity contribution is 9.13. The Morgan fingerprint density at radius 1 is 1.29 bits per heavy atom. The van der Waals surface area contributed by atoms with Crippen molar-refractivity contribution in [1.29, 1.82) is 0 Å². The third-order valence-electron chi connectivity index (χ3n) is 3.08. The van der Waals surface area contributed by atoms with Crippen LogP contribution >= 0.6 is 43.5 Å². The van der Waals surface area contributed by atoms with Crippen LogP contribution in [-0.2, 0) is 6.61 Å². The van der Waals surface area contributed by atoms with Crippen molar-refractivity contribution in [2.24, 2.45) is 0 Å². The van der Waals surface area contributed by atoms with E-state index >= 15 is 0 Å². The summed E-state index contributed by atoms with van der Waals surface area (Å²) in [7, 11) is 0. The third kappa shape index (κ3) is 4.02. The molecule has 24 heavy (non-hydrogen) atoms. The molecule has 0 atom stereocenters. The molecule has 0 unspecified atom stereocenters. The number of ether oxygens (including phenoxy) is 2. The largest absolute Gasteiger partial charge is 0.490 e. The molecule has 0 amide bonds. The summed E-state index contributed by atoms with van der Waals surface area (Å²) >= 11 is 12.5. The predicted molar refractivity (Wildman–Crippen MR) is 95.7 cm³/mol. The molecule has 0 radical (unpaired) electrons. The van der Waals surface area contributed by atoms with Crippen LogP contribution in [0.2, 0.25) is 5.02 Å². The Hall–Kier alpha value is -1.31. The van der Waals surface area contributed by atoms with Crippen molar-refractivity contribution in [3.8, 4) is 11.5 Å². The number of carboxylic acid groups (broad SMARTS) is 1. The van der Waals surface area contributed by atoms with Crippen LogP contribution in [-0.4, -0.2) is 17.7 Å². The first-order valence-corrected chi connectivity index (χ1v) is 8.77. The number of halogens is 4. The first kappa shape index (κ1) is 19.0. The Labute approximate surface area is 159 Å². The molecule has 2 rings (SSSR count). The zero-order chi connectivity index (χ0) is 17.9. The average molecular weight is 483 g/mol. The molecule has 0 aliphatic heterocycles. The van der Waals surface area contributed by atoms with Gasteiger partial charge in [0.1, 0.15) is 12.4 Å². The van der Waals surface area contributed by atoms with Gasteiger partial charge in [-0.2, -0.15) is 0 Å². The van der Waals surface area contributed by atoms with Gasteiger partial charge in [0.25, 0.3) is 0 Å². The van der Waals surface area contributed by atoms with E-state index < -0.39 is 11.8 Å². The highest BCUT2D eigenvalue weighted by Gasteiger charge is 2.21. The van der Waals surface area contributed by atoms with Crippen molar-refractivity contribution < 1.29 is 23.8 Å². The van der Waals surface area contributed by atoms with Crippen molar-refractivity contribution in [1.82, 2.24) is 0 Å². The lowest BCUT2D eigenvalue weighted by Gasteiger charge is -2.17. The Bertz CT molecular complexity index is 763. The van der Waals surface area contributed by atoms with E-state index in [2.05, 4.69) is 31.9 Å². The molecule has 0 bridgehead atoms. The number of benzene rings is 2. The molecule has 2 aromatic rings. The molecular weight excluding hydrogens is 470 g/mol. The van der Waals surface area contributed by atoms with Crippen molar-refractivity contribution in [2.45, 2.75) is 13.5 Å². The number of carbonyl (C=O) groups is 1. The molecule has 0 aromatic heterocycles. The fraction of sp³-hybridized carbons (Fsp3) is 0.188. The molecular formula is C16H12Br2ClFO4. The fourth-order valence-electron chi connectivity index (χ4n) is 1.95. The summed E-state index contributed by atoms with van der Waals surface area (Å²) < 4.78 is 25.6. The van der Waals surface area contributed by atoms with Crippen LogP contribution in [0.25, 0.3) is 0 Å². The first-order chi connectivity index (χ1) is 11.4. The van der Waals surface area contributed by atoms with E-state index in [0.29, 0.717) is 15.6 Å². The topological polar surface area (TPSA) is 55.8 Å². The molecule has 0 fully saturated rings. The van der Waals surface area contributed by atoms with Crippen molar-refractivity contribution in [3.05, 3.63) is 55.2 Å². The summed E-state index contributed by atoms with van der Waals surface area (Å²) in [6, 6.07) is 5.69. The third-order valence-corrected chi connectivity index (χ3v) is 5.55. The minimum Gasteiger partial charge on any atom is -0.490 e. The van der Waals surface area contributed by atoms with E-state index in [0.717, 1.165) is 0 Å². The standard InChI is InChI=1S/C16H12Br2ClFO4/c1-2-23-12-6-8(16(21)22)13(17)14(18)15(12)24-7-9-10(19)4-3-5-11(9)20/h3-6H,2,7H2,1H3,(H,21,22). The molecule has 0 aliphatic carbocycles. The van der Waals surface area contributed by atoms with Gasteiger partial charge in [-0.25, -0.2) is 9.18 Å². The maximum absolute atomic E-state index is 13.9.